The Kier molecular flexibility index (Phi) is 2.94. The number of para-hydroxylation sites is 2. The topological polar surface area (TPSA) is 71.9 Å². The third kappa shape index (κ3) is 2.02. The van der Waals surface area contributed by atoms with Crippen LogP contribution in [0.1, 0.15) is 5.56 Å². The van der Waals surface area contributed by atoms with Gasteiger partial charge in [-0.25, -0.2) is 0 Å². The number of nitrogen functional groups attached to an aromatic ring is 1. The van der Waals surface area contributed by atoms with Gasteiger partial charge in [-0.15, -0.1) is 0 Å². The average Bonchev–Trinajstić information content (AvgIpc) is 2.49. The molecule has 3 rings (SSSR count). The minimum atomic E-state index is 0.370. The van der Waals surface area contributed by atoms with E-state index in [-0.39, 0.29) is 0 Å². The summed E-state index contributed by atoms with van der Waals surface area (Å²) in [4.78, 5) is 4.28. The van der Waals surface area contributed by atoms with Gasteiger partial charge in [-0.1, -0.05) is 30.3 Å². The molecule has 20 heavy (non-hydrogen) atoms. The zero-order valence-electron chi connectivity index (χ0n) is 10.6. The summed E-state index contributed by atoms with van der Waals surface area (Å²) < 4.78 is 5.82. The summed E-state index contributed by atoms with van der Waals surface area (Å²) in [6.45, 7) is 0. The highest BCUT2D eigenvalue weighted by Gasteiger charge is 2.10. The molecular formula is C16H11N3O. The Labute approximate surface area is 116 Å². The van der Waals surface area contributed by atoms with Gasteiger partial charge in [-0.3, -0.25) is 4.98 Å². The standard InChI is InChI=1S/C16H11N3O/c17-9-11-10-19-16-13(15(11)18)7-4-8-14(16)20-12-5-2-1-3-6-12/h1-8,10H,(H2,18,19). The number of rotatable bonds is 2. The molecule has 0 saturated heterocycles. The lowest BCUT2D eigenvalue weighted by atomic mass is 10.1. The van der Waals surface area contributed by atoms with Crippen LogP contribution in [0.4, 0.5) is 5.69 Å². The van der Waals surface area contributed by atoms with Crippen molar-refractivity contribution in [1.82, 2.24) is 4.98 Å². The Hall–Kier alpha value is -3.06. The number of nitrogens with zero attached hydrogens (tertiary/aromatic N) is 2. The maximum Gasteiger partial charge on any atom is 0.153 e. The SMILES string of the molecule is N#Cc1cnc2c(Oc3ccccc3)cccc2c1N. The number of nitriles is 1. The minimum Gasteiger partial charge on any atom is -0.455 e. The smallest absolute Gasteiger partial charge is 0.153 e. The molecule has 0 atom stereocenters. The van der Waals surface area contributed by atoms with Crippen LogP contribution in [-0.2, 0) is 0 Å². The van der Waals surface area contributed by atoms with Crippen LogP contribution < -0.4 is 10.5 Å². The van der Waals surface area contributed by atoms with E-state index in [9.17, 15) is 0 Å². The quantitative estimate of drug-likeness (QED) is 0.766. The Morgan fingerprint density at radius 1 is 1.05 bits per heavy atom. The lowest BCUT2D eigenvalue weighted by Gasteiger charge is -2.09. The number of aromatic nitrogens is 1. The first-order valence-electron chi connectivity index (χ1n) is 6.10. The lowest BCUT2D eigenvalue weighted by Crippen LogP contribution is -1.95. The molecule has 0 amide bonds. The fourth-order valence-electron chi connectivity index (χ4n) is 2.00. The van der Waals surface area contributed by atoms with Crippen molar-refractivity contribution in [3.8, 4) is 17.6 Å². The predicted molar refractivity (Wildman–Crippen MR) is 77.4 cm³/mol. The van der Waals surface area contributed by atoms with Gasteiger partial charge in [0.2, 0.25) is 0 Å². The maximum atomic E-state index is 8.98. The van der Waals surface area contributed by atoms with Gasteiger partial charge in [0.15, 0.2) is 5.75 Å². The molecule has 4 heteroatoms. The van der Waals surface area contributed by atoms with E-state index < -0.39 is 0 Å². The average molecular weight is 261 g/mol. The molecule has 0 aliphatic rings. The van der Waals surface area contributed by atoms with E-state index in [2.05, 4.69) is 4.98 Å². The first-order valence-corrected chi connectivity index (χ1v) is 6.10. The van der Waals surface area contributed by atoms with Gasteiger partial charge in [0.25, 0.3) is 0 Å². The van der Waals surface area contributed by atoms with E-state index in [0.717, 1.165) is 11.1 Å². The van der Waals surface area contributed by atoms with Crippen molar-refractivity contribution in [1.29, 1.82) is 5.26 Å². The second-order valence-electron chi connectivity index (χ2n) is 4.26. The molecule has 0 aliphatic carbocycles. The molecule has 0 radical (unpaired) electrons. The van der Waals surface area contributed by atoms with Crippen LogP contribution in [0.15, 0.2) is 54.7 Å². The van der Waals surface area contributed by atoms with E-state index in [1.54, 1.807) is 0 Å². The second kappa shape index (κ2) is 4.90. The van der Waals surface area contributed by atoms with Gasteiger partial charge in [0.1, 0.15) is 17.3 Å². The van der Waals surface area contributed by atoms with E-state index in [1.807, 2.05) is 54.6 Å². The molecular weight excluding hydrogens is 250 g/mol. The minimum absolute atomic E-state index is 0.370. The number of anilines is 1. The second-order valence-corrected chi connectivity index (χ2v) is 4.26. The highest BCUT2D eigenvalue weighted by Crippen LogP contribution is 2.32. The summed E-state index contributed by atoms with van der Waals surface area (Å²) >= 11 is 0. The van der Waals surface area contributed by atoms with E-state index in [1.165, 1.54) is 6.20 Å². The van der Waals surface area contributed by atoms with Gasteiger partial charge in [-0.2, -0.15) is 5.26 Å². The Bertz CT molecular complexity index is 807. The molecule has 0 saturated carbocycles. The van der Waals surface area contributed by atoms with Gasteiger partial charge >= 0.3 is 0 Å². The van der Waals surface area contributed by atoms with Crippen molar-refractivity contribution in [2.75, 3.05) is 5.73 Å². The van der Waals surface area contributed by atoms with Crippen molar-refractivity contribution in [2.45, 2.75) is 0 Å². The predicted octanol–water partition coefficient (Wildman–Crippen LogP) is 3.48. The van der Waals surface area contributed by atoms with Crippen LogP contribution in [0.25, 0.3) is 10.9 Å². The van der Waals surface area contributed by atoms with Crippen molar-refractivity contribution in [2.24, 2.45) is 0 Å². The van der Waals surface area contributed by atoms with E-state index >= 15 is 0 Å². The summed E-state index contributed by atoms with van der Waals surface area (Å²) in [5.74, 6) is 1.34. The van der Waals surface area contributed by atoms with Gasteiger partial charge in [0.05, 0.1) is 11.3 Å². The fraction of sp³-hybridized carbons (Fsp3) is 0. The number of ether oxygens (including phenoxy) is 1. The third-order valence-electron chi connectivity index (χ3n) is 2.99. The first-order chi connectivity index (χ1) is 9.79. The maximum absolute atomic E-state index is 8.98. The summed E-state index contributed by atoms with van der Waals surface area (Å²) in [6, 6.07) is 17.0. The fourth-order valence-corrected chi connectivity index (χ4v) is 2.00. The van der Waals surface area contributed by atoms with Crippen molar-refractivity contribution >= 4 is 16.6 Å². The molecule has 3 aromatic rings. The van der Waals surface area contributed by atoms with Gasteiger partial charge in [0, 0.05) is 11.6 Å². The Balaban J connectivity index is 2.14. The number of hydrogen-bond donors (Lipinski definition) is 1. The molecule has 1 heterocycles. The zero-order chi connectivity index (χ0) is 13.9. The zero-order valence-corrected chi connectivity index (χ0v) is 10.6. The van der Waals surface area contributed by atoms with Crippen LogP contribution in [0.3, 0.4) is 0 Å². The molecule has 96 valence electrons. The summed E-state index contributed by atoms with van der Waals surface area (Å²) in [7, 11) is 0. The molecule has 2 N–H and O–H groups in total. The largest absolute Gasteiger partial charge is 0.455 e. The summed E-state index contributed by atoms with van der Waals surface area (Å²) in [5, 5.41) is 9.70. The van der Waals surface area contributed by atoms with E-state index in [0.29, 0.717) is 22.5 Å². The van der Waals surface area contributed by atoms with Crippen molar-refractivity contribution in [3.05, 3.63) is 60.3 Å². The highest BCUT2D eigenvalue weighted by molar-refractivity contribution is 5.96. The number of pyridine rings is 1. The van der Waals surface area contributed by atoms with Crippen molar-refractivity contribution in [3.63, 3.8) is 0 Å². The van der Waals surface area contributed by atoms with Crippen LogP contribution in [0, 0.1) is 11.3 Å². The molecule has 0 bridgehead atoms. The molecule has 0 aliphatic heterocycles. The van der Waals surface area contributed by atoms with Gasteiger partial charge < -0.3 is 10.5 Å². The van der Waals surface area contributed by atoms with Crippen LogP contribution in [0.2, 0.25) is 0 Å². The molecule has 2 aromatic carbocycles. The Morgan fingerprint density at radius 2 is 1.85 bits per heavy atom. The number of benzene rings is 2. The lowest BCUT2D eigenvalue weighted by molar-refractivity contribution is 0.487. The monoisotopic (exact) mass is 261 g/mol. The third-order valence-corrected chi connectivity index (χ3v) is 2.99. The number of fused-ring (bicyclic) bond motifs is 1. The summed E-state index contributed by atoms with van der Waals surface area (Å²) in [5.41, 5.74) is 7.42. The molecule has 0 fully saturated rings. The highest BCUT2D eigenvalue weighted by atomic mass is 16.5. The molecule has 0 unspecified atom stereocenters. The first kappa shape index (κ1) is 12.0. The molecule has 1 aromatic heterocycles. The van der Waals surface area contributed by atoms with Crippen LogP contribution >= 0.6 is 0 Å². The van der Waals surface area contributed by atoms with E-state index in [4.69, 9.17) is 15.7 Å². The van der Waals surface area contributed by atoms with Crippen molar-refractivity contribution < 1.29 is 4.74 Å². The van der Waals surface area contributed by atoms with Crippen LogP contribution in [0.5, 0.6) is 11.5 Å². The Morgan fingerprint density at radius 3 is 2.60 bits per heavy atom. The van der Waals surface area contributed by atoms with Crippen LogP contribution in [-0.4, -0.2) is 4.98 Å². The molecule has 0 spiro atoms. The summed E-state index contributed by atoms with van der Waals surface area (Å²) in [6.07, 6.45) is 1.47. The van der Waals surface area contributed by atoms with Gasteiger partial charge in [-0.05, 0) is 18.2 Å². The molecule has 4 nitrogen and oxygen atoms in total. The normalized spacial score (nSPS) is 10.2. The number of hydrogen-bond acceptors (Lipinski definition) is 4. The number of nitrogens with two attached hydrogens (primary N) is 1.